The van der Waals surface area contributed by atoms with Gasteiger partial charge < -0.3 is 18.5 Å². The van der Waals surface area contributed by atoms with Gasteiger partial charge in [-0.25, -0.2) is 8.42 Å². The van der Waals surface area contributed by atoms with Crippen molar-refractivity contribution in [3.63, 3.8) is 0 Å². The van der Waals surface area contributed by atoms with Gasteiger partial charge in [0, 0.05) is 12.9 Å². The van der Waals surface area contributed by atoms with Crippen molar-refractivity contribution in [1.82, 2.24) is 0 Å². The first kappa shape index (κ1) is 18.8. The van der Waals surface area contributed by atoms with Crippen LogP contribution in [0.2, 0.25) is 0 Å². The lowest BCUT2D eigenvalue weighted by Gasteiger charge is -2.33. The molecule has 0 fully saturated rings. The lowest BCUT2D eigenvalue weighted by atomic mass is 10.2. The van der Waals surface area contributed by atoms with Crippen LogP contribution in [-0.2, 0) is 19.6 Å². The van der Waals surface area contributed by atoms with E-state index in [-0.39, 0.29) is 5.75 Å². The number of ether oxygens (including phenoxy) is 2. The summed E-state index contributed by atoms with van der Waals surface area (Å²) in [6, 6.07) is 0. The van der Waals surface area contributed by atoms with Crippen molar-refractivity contribution in [2.45, 2.75) is 19.8 Å². The van der Waals surface area contributed by atoms with E-state index in [4.69, 9.17) is 9.47 Å². The topological polar surface area (TPSA) is 75.7 Å². The Morgan fingerprint density at radius 2 is 1.79 bits per heavy atom. The molecule has 7 heteroatoms. The number of hydrogen-bond acceptors (Lipinski definition) is 5. The average molecular weight is 297 g/mol. The molecule has 116 valence electrons. The summed E-state index contributed by atoms with van der Waals surface area (Å²) in [7, 11) is -0.316. The number of quaternary nitrogens is 1. The Morgan fingerprint density at radius 3 is 2.32 bits per heavy atom. The SMILES string of the molecule is CC[N+](C)(CCCCS(=O)(=O)[O-])CCOCCOC. The normalized spacial score (nSPS) is 15.4. The summed E-state index contributed by atoms with van der Waals surface area (Å²) >= 11 is 0. The van der Waals surface area contributed by atoms with E-state index >= 15 is 0 Å². The van der Waals surface area contributed by atoms with E-state index in [1.807, 2.05) is 0 Å². The minimum Gasteiger partial charge on any atom is -0.748 e. The van der Waals surface area contributed by atoms with Crippen LogP contribution < -0.4 is 0 Å². The molecular formula is C12H27NO5S. The van der Waals surface area contributed by atoms with Crippen molar-refractivity contribution in [3.8, 4) is 0 Å². The van der Waals surface area contributed by atoms with Crippen LogP contribution >= 0.6 is 0 Å². The summed E-state index contributed by atoms with van der Waals surface area (Å²) in [5.41, 5.74) is 0. The highest BCUT2D eigenvalue weighted by Crippen LogP contribution is 2.06. The molecule has 19 heavy (non-hydrogen) atoms. The van der Waals surface area contributed by atoms with E-state index in [9.17, 15) is 13.0 Å². The molecule has 0 amide bonds. The summed E-state index contributed by atoms with van der Waals surface area (Å²) in [4.78, 5) is 0. The van der Waals surface area contributed by atoms with E-state index in [0.717, 1.165) is 30.5 Å². The van der Waals surface area contributed by atoms with Gasteiger partial charge in [-0.2, -0.15) is 0 Å². The van der Waals surface area contributed by atoms with Gasteiger partial charge in [0.15, 0.2) is 0 Å². The molecule has 0 bridgehead atoms. The molecule has 1 unspecified atom stereocenters. The predicted molar refractivity (Wildman–Crippen MR) is 73.0 cm³/mol. The molecule has 0 aliphatic rings. The number of methoxy groups -OCH3 is 1. The number of likely N-dealkylation sites (N-methyl/N-ethyl adjacent to an activating group) is 1. The third-order valence-corrected chi connectivity index (χ3v) is 4.10. The Bertz CT molecular complexity index is 320. The molecule has 0 aromatic carbocycles. The van der Waals surface area contributed by atoms with Crippen molar-refractivity contribution in [2.75, 3.05) is 59.4 Å². The van der Waals surface area contributed by atoms with Gasteiger partial charge in [0.1, 0.15) is 6.54 Å². The third-order valence-electron chi connectivity index (χ3n) is 3.31. The van der Waals surface area contributed by atoms with Crippen molar-refractivity contribution in [1.29, 1.82) is 0 Å². The molecule has 0 aliphatic carbocycles. The molecule has 0 saturated heterocycles. The molecule has 0 radical (unpaired) electrons. The zero-order valence-corrected chi connectivity index (χ0v) is 13.1. The monoisotopic (exact) mass is 297 g/mol. The van der Waals surface area contributed by atoms with Crippen molar-refractivity contribution in [2.24, 2.45) is 0 Å². The minimum absolute atomic E-state index is 0.263. The smallest absolute Gasteiger partial charge is 0.102 e. The summed E-state index contributed by atoms with van der Waals surface area (Å²) in [6.45, 7) is 6.64. The largest absolute Gasteiger partial charge is 0.748 e. The molecule has 0 rings (SSSR count). The van der Waals surface area contributed by atoms with Gasteiger partial charge in [-0.15, -0.1) is 0 Å². The fraction of sp³-hybridized carbons (Fsp3) is 1.00. The Hall–Kier alpha value is -0.210. The zero-order valence-electron chi connectivity index (χ0n) is 12.3. The van der Waals surface area contributed by atoms with Crippen LogP contribution in [0.4, 0.5) is 0 Å². The van der Waals surface area contributed by atoms with Gasteiger partial charge >= 0.3 is 0 Å². The van der Waals surface area contributed by atoms with Crippen LogP contribution in [0.1, 0.15) is 19.8 Å². The Balaban J connectivity index is 3.82. The van der Waals surface area contributed by atoms with Gasteiger partial charge in [0.2, 0.25) is 0 Å². The van der Waals surface area contributed by atoms with Crippen LogP contribution in [0.25, 0.3) is 0 Å². The van der Waals surface area contributed by atoms with Crippen molar-refractivity contribution < 1.29 is 26.9 Å². The van der Waals surface area contributed by atoms with Crippen LogP contribution in [0.5, 0.6) is 0 Å². The molecule has 0 aliphatic heterocycles. The first-order valence-electron chi connectivity index (χ1n) is 6.67. The van der Waals surface area contributed by atoms with E-state index < -0.39 is 10.1 Å². The van der Waals surface area contributed by atoms with Gasteiger partial charge in [-0.1, -0.05) is 0 Å². The maximum Gasteiger partial charge on any atom is 0.102 e. The zero-order chi connectivity index (χ0) is 14.8. The van der Waals surface area contributed by atoms with Gasteiger partial charge in [-0.05, 0) is 19.8 Å². The Morgan fingerprint density at radius 1 is 1.11 bits per heavy atom. The molecule has 0 aromatic rings. The molecule has 0 heterocycles. The molecule has 0 spiro atoms. The summed E-state index contributed by atoms with van der Waals surface area (Å²) in [5.74, 6) is -0.263. The predicted octanol–water partition coefficient (Wildman–Crippen LogP) is 0.441. The van der Waals surface area contributed by atoms with E-state index in [2.05, 4.69) is 14.0 Å². The standard InChI is InChI=1S/C12H27NO5S/c1-4-13(2,8-9-18-11-10-17-3)7-5-6-12-19(14,15)16/h4-12H2,1-3H3. The highest BCUT2D eigenvalue weighted by atomic mass is 32.2. The number of hydrogen-bond donors (Lipinski definition) is 0. The highest BCUT2D eigenvalue weighted by molar-refractivity contribution is 7.85. The summed E-state index contributed by atoms with van der Waals surface area (Å²) in [5, 5.41) is 0. The second kappa shape index (κ2) is 9.66. The molecule has 6 nitrogen and oxygen atoms in total. The second-order valence-electron chi connectivity index (χ2n) is 4.96. The molecule has 0 aromatic heterocycles. The summed E-state index contributed by atoms with van der Waals surface area (Å²) in [6.07, 6.45) is 1.17. The van der Waals surface area contributed by atoms with Crippen LogP contribution in [0, 0.1) is 0 Å². The third kappa shape index (κ3) is 11.3. The van der Waals surface area contributed by atoms with Crippen LogP contribution in [-0.4, -0.2) is 76.8 Å². The molecule has 0 saturated carbocycles. The fourth-order valence-corrected chi connectivity index (χ4v) is 2.29. The van der Waals surface area contributed by atoms with Crippen molar-refractivity contribution in [3.05, 3.63) is 0 Å². The van der Waals surface area contributed by atoms with Crippen LogP contribution in [0.15, 0.2) is 0 Å². The lowest BCUT2D eigenvalue weighted by molar-refractivity contribution is -0.908. The fourth-order valence-electron chi connectivity index (χ4n) is 1.73. The van der Waals surface area contributed by atoms with Gasteiger partial charge in [0.05, 0.1) is 50.1 Å². The van der Waals surface area contributed by atoms with Crippen molar-refractivity contribution >= 4 is 10.1 Å². The van der Waals surface area contributed by atoms with Crippen LogP contribution in [0.3, 0.4) is 0 Å². The van der Waals surface area contributed by atoms with Gasteiger partial charge in [-0.3, -0.25) is 0 Å². The number of nitrogens with zero attached hydrogens (tertiary/aromatic N) is 1. The maximum atomic E-state index is 10.5. The summed E-state index contributed by atoms with van der Waals surface area (Å²) < 4.78 is 42.7. The van der Waals surface area contributed by atoms with Gasteiger partial charge in [0.25, 0.3) is 0 Å². The van der Waals surface area contributed by atoms with E-state index in [1.54, 1.807) is 7.11 Å². The second-order valence-corrected chi connectivity index (χ2v) is 6.48. The molecular weight excluding hydrogens is 270 g/mol. The minimum atomic E-state index is -4.07. The Kier molecular flexibility index (Phi) is 9.55. The highest BCUT2D eigenvalue weighted by Gasteiger charge is 2.18. The quantitative estimate of drug-likeness (QED) is 0.297. The molecule has 1 atom stereocenters. The average Bonchev–Trinajstić information content (AvgIpc) is 2.33. The first-order valence-corrected chi connectivity index (χ1v) is 8.24. The number of unbranched alkanes of at least 4 members (excludes halogenated alkanes) is 1. The Labute approximate surface area is 117 Å². The van der Waals surface area contributed by atoms with E-state index in [1.165, 1.54) is 0 Å². The molecule has 0 N–H and O–H groups in total. The lowest BCUT2D eigenvalue weighted by Crippen LogP contribution is -2.47. The number of rotatable bonds is 12. The first-order chi connectivity index (χ1) is 8.83. The van der Waals surface area contributed by atoms with E-state index in [0.29, 0.717) is 26.2 Å². The maximum absolute atomic E-state index is 10.5.